The van der Waals surface area contributed by atoms with Gasteiger partial charge in [-0.3, -0.25) is 24.5 Å². The lowest BCUT2D eigenvalue weighted by Crippen LogP contribution is -2.57. The second kappa shape index (κ2) is 14.2. The highest BCUT2D eigenvalue weighted by Gasteiger charge is 2.36. The van der Waals surface area contributed by atoms with Crippen molar-refractivity contribution in [2.24, 2.45) is 11.3 Å². The molecule has 9 nitrogen and oxygen atoms in total. The van der Waals surface area contributed by atoms with Gasteiger partial charge in [0, 0.05) is 26.2 Å². The van der Waals surface area contributed by atoms with Crippen LogP contribution in [0.15, 0.2) is 30.3 Å². The van der Waals surface area contributed by atoms with Crippen LogP contribution in [-0.2, 0) is 25.5 Å². The first-order chi connectivity index (χ1) is 16.6. The number of morpholine rings is 1. The summed E-state index contributed by atoms with van der Waals surface area (Å²) in [5.41, 5.74) is 0.628. The summed E-state index contributed by atoms with van der Waals surface area (Å²) < 4.78 is 5.35. The topological polar surface area (TPSA) is 111 Å². The number of ether oxygens (including phenoxy) is 1. The second-order valence-electron chi connectivity index (χ2n) is 10.3. The van der Waals surface area contributed by atoms with E-state index < -0.39 is 23.4 Å². The minimum absolute atomic E-state index is 0.244. The highest BCUT2D eigenvalue weighted by molar-refractivity contribution is 5.89. The van der Waals surface area contributed by atoms with Crippen LogP contribution in [0, 0.1) is 11.3 Å². The summed E-state index contributed by atoms with van der Waals surface area (Å²) in [6.45, 7) is 11.6. The van der Waals surface area contributed by atoms with Crippen molar-refractivity contribution in [2.75, 3.05) is 39.4 Å². The van der Waals surface area contributed by atoms with Gasteiger partial charge >= 0.3 is 0 Å². The maximum atomic E-state index is 13.4. The van der Waals surface area contributed by atoms with Crippen molar-refractivity contribution >= 4 is 18.2 Å². The molecule has 3 amide bonds. The smallest absolute Gasteiger partial charge is 0.243 e. The number of carbonyl (C=O) groups excluding carboxylic acids is 3. The molecule has 1 fully saturated rings. The predicted molar refractivity (Wildman–Crippen MR) is 134 cm³/mol. The van der Waals surface area contributed by atoms with Crippen molar-refractivity contribution < 1.29 is 24.3 Å². The van der Waals surface area contributed by atoms with Crippen LogP contribution < -0.4 is 10.6 Å². The predicted octanol–water partition coefficient (Wildman–Crippen LogP) is 1.84. The number of hydrogen-bond donors (Lipinski definition) is 3. The summed E-state index contributed by atoms with van der Waals surface area (Å²) in [5.74, 6) is -1.26. The van der Waals surface area contributed by atoms with Crippen molar-refractivity contribution in [2.45, 2.75) is 59.0 Å². The molecule has 0 aromatic heterocycles. The first kappa shape index (κ1) is 28.7. The first-order valence-corrected chi connectivity index (χ1v) is 12.5. The molecule has 0 radical (unpaired) electrons. The van der Waals surface area contributed by atoms with Gasteiger partial charge in [0.25, 0.3) is 0 Å². The van der Waals surface area contributed by atoms with Crippen molar-refractivity contribution in [3.05, 3.63) is 35.9 Å². The molecule has 196 valence electrons. The van der Waals surface area contributed by atoms with Crippen LogP contribution in [-0.4, -0.2) is 84.9 Å². The van der Waals surface area contributed by atoms with Crippen molar-refractivity contribution in [1.29, 1.82) is 0 Å². The van der Waals surface area contributed by atoms with E-state index in [2.05, 4.69) is 15.5 Å². The fourth-order valence-electron chi connectivity index (χ4n) is 4.23. The van der Waals surface area contributed by atoms with Crippen LogP contribution in [0.2, 0.25) is 0 Å². The Balaban J connectivity index is 2.01. The molecule has 0 unspecified atom stereocenters. The lowest BCUT2D eigenvalue weighted by molar-refractivity contribution is -0.166. The maximum Gasteiger partial charge on any atom is 0.243 e. The van der Waals surface area contributed by atoms with Crippen LogP contribution in [0.5, 0.6) is 0 Å². The Hall–Kier alpha value is -2.49. The summed E-state index contributed by atoms with van der Waals surface area (Å²) >= 11 is 0. The molecule has 1 heterocycles. The zero-order valence-corrected chi connectivity index (χ0v) is 21.5. The van der Waals surface area contributed by atoms with Crippen molar-refractivity contribution in [3.8, 4) is 0 Å². The highest BCUT2D eigenvalue weighted by Crippen LogP contribution is 2.23. The van der Waals surface area contributed by atoms with E-state index >= 15 is 0 Å². The number of amides is 3. The number of rotatable bonds is 13. The van der Waals surface area contributed by atoms with E-state index in [1.807, 2.05) is 51.1 Å². The molecule has 1 aliphatic rings. The molecule has 35 heavy (non-hydrogen) atoms. The van der Waals surface area contributed by atoms with Gasteiger partial charge in [-0.2, -0.15) is 0 Å². The van der Waals surface area contributed by atoms with Crippen LogP contribution in [0.3, 0.4) is 0 Å². The normalized spacial score (nSPS) is 17.2. The highest BCUT2D eigenvalue weighted by atomic mass is 16.5. The molecule has 1 aliphatic heterocycles. The number of nitrogens with zero attached hydrogens (tertiary/aromatic N) is 2. The van der Waals surface area contributed by atoms with Gasteiger partial charge in [-0.05, 0) is 37.2 Å². The molecule has 3 atom stereocenters. The zero-order chi connectivity index (χ0) is 25.8. The van der Waals surface area contributed by atoms with E-state index in [9.17, 15) is 19.6 Å². The molecule has 0 bridgehead atoms. The Morgan fingerprint density at radius 3 is 2.43 bits per heavy atom. The quantitative estimate of drug-likeness (QED) is 0.221. The molecule has 0 saturated carbocycles. The number of nitrogens with one attached hydrogen (secondary N) is 2. The van der Waals surface area contributed by atoms with Gasteiger partial charge in [0.15, 0.2) is 0 Å². The molecule has 0 aliphatic carbocycles. The largest absolute Gasteiger partial charge is 0.379 e. The maximum absolute atomic E-state index is 13.4. The minimum Gasteiger partial charge on any atom is -0.379 e. The third kappa shape index (κ3) is 9.58. The van der Waals surface area contributed by atoms with E-state index in [0.717, 1.165) is 31.6 Å². The van der Waals surface area contributed by atoms with Crippen LogP contribution in [0.25, 0.3) is 0 Å². The number of hydrogen-bond acceptors (Lipinski definition) is 6. The first-order valence-electron chi connectivity index (χ1n) is 12.5. The van der Waals surface area contributed by atoms with Gasteiger partial charge < -0.3 is 15.4 Å². The second-order valence-corrected chi connectivity index (χ2v) is 10.3. The number of carbonyl (C=O) groups is 3. The summed E-state index contributed by atoms with van der Waals surface area (Å²) in [7, 11) is 0. The fourth-order valence-corrected chi connectivity index (χ4v) is 4.23. The number of benzene rings is 1. The van der Waals surface area contributed by atoms with Crippen LogP contribution >= 0.6 is 0 Å². The van der Waals surface area contributed by atoms with Gasteiger partial charge in [0.05, 0.1) is 25.2 Å². The van der Waals surface area contributed by atoms with Crippen LogP contribution in [0.4, 0.5) is 0 Å². The van der Waals surface area contributed by atoms with Gasteiger partial charge in [0.1, 0.15) is 6.04 Å². The Morgan fingerprint density at radius 1 is 1.17 bits per heavy atom. The standard InChI is InChI=1S/C26H42N4O5/c1-20(30(34)19-31)22(12-8-11-21-9-6-5-7-10-21)24(32)28-23(26(2,3)4)25(33)27-13-14-29-15-17-35-18-16-29/h5-7,9-10,19-20,22-23,34H,8,11-18H2,1-4H3,(H,27,33)(H,28,32)/t20-,22+,23-/m1/s1. The Kier molecular flexibility index (Phi) is 11.6. The third-order valence-electron chi connectivity index (χ3n) is 6.51. The molecule has 2 rings (SSSR count). The SMILES string of the molecule is C[C@H]([C@H](CCCc1ccccc1)C(=O)N[C@H](C(=O)NCCN1CCOCC1)C(C)(C)C)N(O)C=O. The van der Waals surface area contributed by atoms with Gasteiger partial charge in [-0.15, -0.1) is 0 Å². The molecule has 3 N–H and O–H groups in total. The third-order valence-corrected chi connectivity index (χ3v) is 6.51. The molecule has 0 spiro atoms. The average Bonchev–Trinajstić information content (AvgIpc) is 2.84. The summed E-state index contributed by atoms with van der Waals surface area (Å²) in [6.07, 6.45) is 2.24. The Morgan fingerprint density at radius 2 is 1.83 bits per heavy atom. The van der Waals surface area contributed by atoms with Crippen LogP contribution in [0.1, 0.15) is 46.1 Å². The van der Waals surface area contributed by atoms with Gasteiger partial charge in [-0.1, -0.05) is 51.1 Å². The molecule has 1 aromatic rings. The fraction of sp³-hybridized carbons (Fsp3) is 0.654. The van der Waals surface area contributed by atoms with E-state index in [1.54, 1.807) is 6.92 Å². The molecule has 1 saturated heterocycles. The van der Waals surface area contributed by atoms with Gasteiger partial charge in [-0.25, -0.2) is 5.06 Å². The van der Waals surface area contributed by atoms with E-state index in [4.69, 9.17) is 4.74 Å². The van der Waals surface area contributed by atoms with E-state index in [1.165, 1.54) is 0 Å². The van der Waals surface area contributed by atoms with E-state index in [-0.39, 0.29) is 11.8 Å². The number of aryl methyl sites for hydroxylation is 1. The van der Waals surface area contributed by atoms with Gasteiger partial charge in [0.2, 0.25) is 18.2 Å². The summed E-state index contributed by atoms with van der Waals surface area (Å²) in [4.78, 5) is 39.8. The summed E-state index contributed by atoms with van der Waals surface area (Å²) in [6, 6.07) is 8.46. The Bertz CT molecular complexity index is 793. The molecule has 1 aromatic carbocycles. The number of hydroxylamine groups is 2. The lowest BCUT2D eigenvalue weighted by Gasteiger charge is -2.34. The monoisotopic (exact) mass is 490 g/mol. The summed E-state index contributed by atoms with van der Waals surface area (Å²) in [5, 5.41) is 16.4. The van der Waals surface area contributed by atoms with Crippen molar-refractivity contribution in [3.63, 3.8) is 0 Å². The lowest BCUT2D eigenvalue weighted by atomic mass is 9.84. The minimum atomic E-state index is -0.758. The average molecular weight is 491 g/mol. The molecular formula is C26H42N4O5. The van der Waals surface area contributed by atoms with E-state index in [0.29, 0.717) is 44.1 Å². The molecule has 9 heteroatoms. The Labute approximate surface area is 209 Å². The van der Waals surface area contributed by atoms with Crippen molar-refractivity contribution in [1.82, 2.24) is 20.6 Å². The molecular weight excluding hydrogens is 448 g/mol. The zero-order valence-electron chi connectivity index (χ0n) is 21.5.